The summed E-state index contributed by atoms with van der Waals surface area (Å²) in [6.07, 6.45) is 6.06. The van der Waals surface area contributed by atoms with Gasteiger partial charge in [-0.2, -0.15) is 0 Å². The normalized spacial score (nSPS) is 20.2. The monoisotopic (exact) mass is 320 g/mol. The molecule has 24 heavy (non-hydrogen) atoms. The van der Waals surface area contributed by atoms with Gasteiger partial charge in [0.1, 0.15) is 5.84 Å². The van der Waals surface area contributed by atoms with Crippen LogP contribution in [0.3, 0.4) is 0 Å². The lowest BCUT2D eigenvalue weighted by Crippen LogP contribution is -2.53. The van der Waals surface area contributed by atoms with Gasteiger partial charge in [0.2, 0.25) is 0 Å². The van der Waals surface area contributed by atoms with E-state index in [1.807, 2.05) is 18.2 Å². The van der Waals surface area contributed by atoms with E-state index in [0.717, 1.165) is 35.6 Å². The first-order chi connectivity index (χ1) is 11.8. The molecule has 0 bridgehead atoms. The Labute approximate surface area is 143 Å². The quantitative estimate of drug-likeness (QED) is 0.718. The lowest BCUT2D eigenvalue weighted by molar-refractivity contribution is 0.403. The van der Waals surface area contributed by atoms with Gasteiger partial charge in [-0.1, -0.05) is 43.5 Å². The van der Waals surface area contributed by atoms with E-state index in [2.05, 4.69) is 41.0 Å². The molecule has 0 unspecified atom stereocenters. The number of anilines is 3. The van der Waals surface area contributed by atoms with Crippen LogP contribution >= 0.6 is 0 Å². The number of rotatable bonds is 2. The standard InChI is InChI=1S/C20H24N4/c21-16-8-6-7-15(13-16)14-22-19-20(11-4-1-5-12-20)24-18-10-3-2-9-17(18)23-19/h2-3,6-10,13,24H,1,4-5,11-12,14,21H2,(H,22,23). The summed E-state index contributed by atoms with van der Waals surface area (Å²) in [5, 5.41) is 7.39. The molecule has 4 rings (SSSR count). The molecule has 2 aromatic rings. The third-order valence-electron chi connectivity index (χ3n) is 5.09. The van der Waals surface area contributed by atoms with Crippen molar-refractivity contribution in [3.8, 4) is 0 Å². The van der Waals surface area contributed by atoms with Crippen molar-refractivity contribution in [3.05, 3.63) is 54.1 Å². The minimum atomic E-state index is -0.0487. The van der Waals surface area contributed by atoms with E-state index in [0.29, 0.717) is 6.54 Å². The lowest BCUT2D eigenvalue weighted by Gasteiger charge is -2.44. The Hall–Kier alpha value is -2.49. The van der Waals surface area contributed by atoms with Crippen LogP contribution in [0, 0.1) is 0 Å². The first kappa shape index (κ1) is 15.1. The van der Waals surface area contributed by atoms with Gasteiger partial charge in [-0.25, -0.2) is 0 Å². The number of nitrogens with one attached hydrogen (secondary N) is 2. The number of amidine groups is 1. The molecule has 0 radical (unpaired) electrons. The zero-order valence-corrected chi connectivity index (χ0v) is 13.9. The van der Waals surface area contributed by atoms with Crippen molar-refractivity contribution < 1.29 is 0 Å². The Kier molecular flexibility index (Phi) is 3.89. The van der Waals surface area contributed by atoms with E-state index in [1.54, 1.807) is 0 Å². The summed E-state index contributed by atoms with van der Waals surface area (Å²) in [5.41, 5.74) is 10.1. The van der Waals surface area contributed by atoms with Gasteiger partial charge in [-0.3, -0.25) is 4.99 Å². The summed E-state index contributed by atoms with van der Waals surface area (Å²) < 4.78 is 0. The predicted molar refractivity (Wildman–Crippen MR) is 101 cm³/mol. The van der Waals surface area contributed by atoms with Crippen LogP contribution in [0.2, 0.25) is 0 Å². The van der Waals surface area contributed by atoms with Crippen LogP contribution in [0.15, 0.2) is 53.5 Å². The largest absolute Gasteiger partial charge is 0.399 e. The zero-order valence-electron chi connectivity index (χ0n) is 13.9. The summed E-state index contributed by atoms with van der Waals surface area (Å²) >= 11 is 0. The van der Waals surface area contributed by atoms with E-state index in [-0.39, 0.29) is 5.54 Å². The molecule has 0 saturated heterocycles. The van der Waals surface area contributed by atoms with Crippen LogP contribution in [0.5, 0.6) is 0 Å². The number of hydrogen-bond acceptors (Lipinski definition) is 3. The van der Waals surface area contributed by atoms with E-state index < -0.39 is 0 Å². The number of nitrogens with two attached hydrogens (primary N) is 1. The molecule has 124 valence electrons. The van der Waals surface area contributed by atoms with Crippen LogP contribution in [0.4, 0.5) is 17.1 Å². The van der Waals surface area contributed by atoms with Gasteiger partial charge in [0.15, 0.2) is 0 Å². The molecule has 0 atom stereocenters. The molecule has 1 fully saturated rings. The van der Waals surface area contributed by atoms with E-state index >= 15 is 0 Å². The van der Waals surface area contributed by atoms with Crippen LogP contribution in [-0.2, 0) is 6.54 Å². The molecular formula is C20H24N4. The zero-order chi connectivity index (χ0) is 16.4. The highest BCUT2D eigenvalue weighted by atomic mass is 15.2. The van der Waals surface area contributed by atoms with Gasteiger partial charge < -0.3 is 16.4 Å². The maximum atomic E-state index is 5.89. The van der Waals surface area contributed by atoms with E-state index in [1.165, 1.54) is 24.9 Å². The molecule has 0 aromatic heterocycles. The fourth-order valence-electron chi connectivity index (χ4n) is 3.84. The number of fused-ring (bicyclic) bond motifs is 1. The third-order valence-corrected chi connectivity index (χ3v) is 5.09. The van der Waals surface area contributed by atoms with Crippen molar-refractivity contribution in [2.75, 3.05) is 16.4 Å². The molecular weight excluding hydrogens is 296 g/mol. The van der Waals surface area contributed by atoms with Crippen LogP contribution in [0.1, 0.15) is 37.7 Å². The maximum Gasteiger partial charge on any atom is 0.127 e. The lowest BCUT2D eigenvalue weighted by atomic mass is 9.79. The molecule has 1 aliphatic heterocycles. The van der Waals surface area contributed by atoms with Gasteiger partial charge in [0.05, 0.1) is 23.5 Å². The van der Waals surface area contributed by atoms with Crippen molar-refractivity contribution in [3.63, 3.8) is 0 Å². The Morgan fingerprint density at radius 2 is 1.75 bits per heavy atom. The van der Waals surface area contributed by atoms with Crippen molar-refractivity contribution in [1.82, 2.24) is 0 Å². The number of aliphatic imine (C=N–C) groups is 1. The fourth-order valence-corrected chi connectivity index (χ4v) is 3.84. The highest BCUT2D eigenvalue weighted by molar-refractivity contribution is 6.09. The molecule has 1 aliphatic carbocycles. The highest BCUT2D eigenvalue weighted by Gasteiger charge is 2.40. The van der Waals surface area contributed by atoms with Crippen molar-refractivity contribution in [2.24, 2.45) is 4.99 Å². The molecule has 1 spiro atoms. The second-order valence-electron chi connectivity index (χ2n) is 6.85. The Morgan fingerprint density at radius 3 is 2.54 bits per heavy atom. The van der Waals surface area contributed by atoms with E-state index in [4.69, 9.17) is 10.7 Å². The van der Waals surface area contributed by atoms with Crippen molar-refractivity contribution in [1.29, 1.82) is 0 Å². The summed E-state index contributed by atoms with van der Waals surface area (Å²) in [6, 6.07) is 16.4. The maximum absolute atomic E-state index is 5.89. The smallest absolute Gasteiger partial charge is 0.127 e. The second kappa shape index (κ2) is 6.19. The molecule has 2 aromatic carbocycles. The highest BCUT2D eigenvalue weighted by Crippen LogP contribution is 2.39. The molecule has 1 heterocycles. The number of nitrogens with zero attached hydrogens (tertiary/aromatic N) is 1. The second-order valence-corrected chi connectivity index (χ2v) is 6.85. The van der Waals surface area contributed by atoms with Gasteiger partial charge in [-0.15, -0.1) is 0 Å². The molecule has 4 nitrogen and oxygen atoms in total. The molecule has 4 N–H and O–H groups in total. The summed E-state index contributed by atoms with van der Waals surface area (Å²) in [4.78, 5) is 4.96. The number of hydrogen-bond donors (Lipinski definition) is 3. The van der Waals surface area contributed by atoms with Crippen molar-refractivity contribution >= 4 is 22.9 Å². The molecule has 1 saturated carbocycles. The molecule has 2 aliphatic rings. The molecule has 4 heteroatoms. The summed E-state index contributed by atoms with van der Waals surface area (Å²) in [7, 11) is 0. The first-order valence-electron chi connectivity index (χ1n) is 8.79. The average Bonchev–Trinajstić information content (AvgIpc) is 2.61. The Morgan fingerprint density at radius 1 is 0.958 bits per heavy atom. The summed E-state index contributed by atoms with van der Waals surface area (Å²) in [5.74, 6) is 1.07. The predicted octanol–water partition coefficient (Wildman–Crippen LogP) is 4.41. The first-order valence-corrected chi connectivity index (χ1v) is 8.79. The third kappa shape index (κ3) is 2.84. The van der Waals surface area contributed by atoms with Crippen LogP contribution in [-0.4, -0.2) is 11.4 Å². The van der Waals surface area contributed by atoms with Gasteiger partial charge >= 0.3 is 0 Å². The number of nitrogen functional groups attached to an aromatic ring is 1. The molecule has 0 amide bonds. The SMILES string of the molecule is Nc1cccc(CN=C2Nc3ccccc3NC23CCCCC3)c1. The van der Waals surface area contributed by atoms with Gasteiger partial charge in [0.25, 0.3) is 0 Å². The van der Waals surface area contributed by atoms with E-state index in [9.17, 15) is 0 Å². The van der Waals surface area contributed by atoms with Crippen LogP contribution in [0.25, 0.3) is 0 Å². The van der Waals surface area contributed by atoms with Crippen molar-refractivity contribution in [2.45, 2.75) is 44.2 Å². The van der Waals surface area contributed by atoms with Gasteiger partial charge in [-0.05, 0) is 42.7 Å². The average molecular weight is 320 g/mol. The van der Waals surface area contributed by atoms with Crippen LogP contribution < -0.4 is 16.4 Å². The Bertz CT molecular complexity index is 760. The van der Waals surface area contributed by atoms with Gasteiger partial charge in [0, 0.05) is 5.69 Å². The fraction of sp³-hybridized carbons (Fsp3) is 0.350. The minimum absolute atomic E-state index is 0.0487. The number of benzene rings is 2. The summed E-state index contributed by atoms with van der Waals surface area (Å²) in [6.45, 7) is 0.652. The minimum Gasteiger partial charge on any atom is -0.399 e. The Balaban J connectivity index is 1.66. The topological polar surface area (TPSA) is 62.4 Å². The number of para-hydroxylation sites is 2.